The summed E-state index contributed by atoms with van der Waals surface area (Å²) in [5.74, 6) is 0. The molecule has 0 N–H and O–H groups in total. The summed E-state index contributed by atoms with van der Waals surface area (Å²) in [6, 6.07) is 4.98. The molecule has 0 aliphatic rings. The molecule has 0 aromatic heterocycles. The van der Waals surface area contributed by atoms with Crippen molar-refractivity contribution < 1.29 is 0 Å². The van der Waals surface area contributed by atoms with Gasteiger partial charge in [0, 0.05) is 0 Å². The maximum atomic E-state index is 8.78. The number of benzene rings is 1. The fourth-order valence-electron chi connectivity index (χ4n) is 1.26. The molecule has 4 heteroatoms. The van der Waals surface area contributed by atoms with Crippen molar-refractivity contribution in [2.75, 3.05) is 0 Å². The molecule has 1 aromatic carbocycles. The first-order chi connectivity index (χ1) is 7.19. The normalized spacial score (nSPS) is 8.07. The fourth-order valence-corrected chi connectivity index (χ4v) is 1.26. The van der Waals surface area contributed by atoms with Crippen LogP contribution in [0.3, 0.4) is 0 Å². The van der Waals surface area contributed by atoms with E-state index in [0.717, 1.165) is 0 Å². The molecule has 0 heterocycles. The third-order valence-corrected chi connectivity index (χ3v) is 1.97. The van der Waals surface area contributed by atoms with Gasteiger partial charge in [0.05, 0.1) is 36.4 Å². The van der Waals surface area contributed by atoms with Gasteiger partial charge in [-0.25, -0.2) is 9.69 Å². The molecule has 1 rings (SSSR count). The van der Waals surface area contributed by atoms with Gasteiger partial charge < -0.3 is 0 Å². The van der Waals surface area contributed by atoms with E-state index >= 15 is 0 Å². The van der Waals surface area contributed by atoms with Gasteiger partial charge in [-0.05, 0) is 11.6 Å². The van der Waals surface area contributed by atoms with E-state index in [1.54, 1.807) is 6.92 Å². The number of nitrogens with zero attached hydrogens (tertiary/aromatic N) is 4. The molecular formula is C11H4N4. The third-order valence-electron chi connectivity index (χ3n) is 1.97. The average Bonchev–Trinajstić information content (AvgIpc) is 2.27. The Morgan fingerprint density at radius 3 is 1.73 bits per heavy atom. The zero-order valence-electron chi connectivity index (χ0n) is 7.87. The molecule has 4 nitrogen and oxygen atoms in total. The smallest absolute Gasteiger partial charge is 0.197 e. The summed E-state index contributed by atoms with van der Waals surface area (Å²) in [5, 5.41) is 17.6. The van der Waals surface area contributed by atoms with Crippen LogP contribution in [0.25, 0.3) is 9.69 Å². The molecule has 0 saturated carbocycles. The highest BCUT2D eigenvalue weighted by atomic mass is 14.7. The maximum Gasteiger partial charge on any atom is 0.197 e. The Morgan fingerprint density at radius 2 is 1.47 bits per heavy atom. The largest absolute Gasteiger partial charge is 0.238 e. The van der Waals surface area contributed by atoms with E-state index in [-0.39, 0.29) is 22.5 Å². The molecule has 0 fully saturated rings. The van der Waals surface area contributed by atoms with Crippen molar-refractivity contribution in [1.82, 2.24) is 0 Å². The average molecular weight is 192 g/mol. The van der Waals surface area contributed by atoms with Crippen LogP contribution in [0, 0.1) is 42.7 Å². The summed E-state index contributed by atoms with van der Waals surface area (Å²) in [6.07, 6.45) is 0. The zero-order chi connectivity index (χ0) is 11.4. The summed E-state index contributed by atoms with van der Waals surface area (Å²) < 4.78 is 0. The first-order valence-electron chi connectivity index (χ1n) is 3.92. The fraction of sp³-hybridized carbons (Fsp3) is 0.0909. The van der Waals surface area contributed by atoms with E-state index in [9.17, 15) is 0 Å². The number of hydrogen-bond acceptors (Lipinski definition) is 2. The van der Waals surface area contributed by atoms with E-state index in [2.05, 4.69) is 9.69 Å². The summed E-state index contributed by atoms with van der Waals surface area (Å²) >= 11 is 0. The molecule has 0 aliphatic carbocycles. The highest BCUT2D eigenvalue weighted by Crippen LogP contribution is 2.34. The van der Waals surface area contributed by atoms with Crippen molar-refractivity contribution in [3.05, 3.63) is 45.6 Å². The Hall–Kier alpha value is -2.82. The van der Waals surface area contributed by atoms with Gasteiger partial charge in [0.2, 0.25) is 0 Å². The number of rotatable bonds is 0. The second kappa shape index (κ2) is 3.93. The Balaban J connectivity index is 3.80. The zero-order valence-corrected chi connectivity index (χ0v) is 7.87. The quantitative estimate of drug-likeness (QED) is 0.593. The van der Waals surface area contributed by atoms with Gasteiger partial charge in [-0.3, -0.25) is 0 Å². The van der Waals surface area contributed by atoms with E-state index in [1.807, 2.05) is 12.1 Å². The number of nitriles is 2. The Morgan fingerprint density at radius 1 is 1.07 bits per heavy atom. The topological polar surface area (TPSA) is 56.3 Å². The molecule has 68 valence electrons. The summed E-state index contributed by atoms with van der Waals surface area (Å²) in [4.78, 5) is 6.40. The van der Waals surface area contributed by atoms with Crippen LogP contribution >= 0.6 is 0 Å². The van der Waals surface area contributed by atoms with Crippen molar-refractivity contribution in [1.29, 1.82) is 10.5 Å². The lowest BCUT2D eigenvalue weighted by Crippen LogP contribution is -1.85. The van der Waals surface area contributed by atoms with Gasteiger partial charge in [-0.15, -0.1) is 0 Å². The molecule has 0 atom stereocenters. The van der Waals surface area contributed by atoms with Crippen LogP contribution in [0.2, 0.25) is 0 Å². The van der Waals surface area contributed by atoms with Gasteiger partial charge in [0.1, 0.15) is 0 Å². The van der Waals surface area contributed by atoms with E-state index in [4.69, 9.17) is 23.7 Å². The molecule has 0 saturated heterocycles. The minimum Gasteiger partial charge on any atom is -0.238 e. The van der Waals surface area contributed by atoms with Crippen LogP contribution in [0.4, 0.5) is 11.4 Å². The standard InChI is InChI=1S/C11H4N4/c1-7-10(14-2)8(5-12)4-9(6-13)11(7)15-3/h4H,1H3. The lowest BCUT2D eigenvalue weighted by atomic mass is 10.0. The first-order valence-corrected chi connectivity index (χ1v) is 3.92. The molecule has 1 aromatic rings. The van der Waals surface area contributed by atoms with Gasteiger partial charge in [-0.2, -0.15) is 10.5 Å². The second-order valence-corrected chi connectivity index (χ2v) is 2.74. The van der Waals surface area contributed by atoms with Crippen molar-refractivity contribution in [2.24, 2.45) is 0 Å². The number of hydrogen-bond donors (Lipinski definition) is 0. The highest BCUT2D eigenvalue weighted by molar-refractivity contribution is 5.77. The summed E-state index contributed by atoms with van der Waals surface area (Å²) in [5.41, 5.74) is 0.999. The van der Waals surface area contributed by atoms with Crippen LogP contribution < -0.4 is 0 Å². The SMILES string of the molecule is [C-]#[N+]c1c(C#N)cc(C#N)c([N+]#[C-])c1C. The van der Waals surface area contributed by atoms with E-state index in [0.29, 0.717) is 5.56 Å². The lowest BCUT2D eigenvalue weighted by molar-refractivity contribution is 1.41. The van der Waals surface area contributed by atoms with Crippen molar-refractivity contribution >= 4 is 11.4 Å². The molecule has 0 spiro atoms. The van der Waals surface area contributed by atoms with E-state index in [1.165, 1.54) is 6.07 Å². The van der Waals surface area contributed by atoms with Crippen LogP contribution in [0.15, 0.2) is 6.07 Å². The first kappa shape index (κ1) is 10.3. The van der Waals surface area contributed by atoms with E-state index < -0.39 is 0 Å². The van der Waals surface area contributed by atoms with Gasteiger partial charge in [-0.1, -0.05) is 6.92 Å². The monoisotopic (exact) mass is 192 g/mol. The summed E-state index contributed by atoms with van der Waals surface area (Å²) in [6.45, 7) is 15.4. The van der Waals surface area contributed by atoms with Crippen LogP contribution in [0.5, 0.6) is 0 Å². The van der Waals surface area contributed by atoms with Crippen molar-refractivity contribution in [3.63, 3.8) is 0 Å². The molecule has 0 amide bonds. The van der Waals surface area contributed by atoms with Gasteiger partial charge >= 0.3 is 0 Å². The maximum absolute atomic E-state index is 8.78. The summed E-state index contributed by atoms with van der Waals surface area (Å²) in [7, 11) is 0. The molecule has 15 heavy (non-hydrogen) atoms. The Labute approximate surface area is 87.2 Å². The minimum atomic E-state index is 0.145. The predicted molar refractivity (Wildman–Crippen MR) is 53.1 cm³/mol. The minimum absolute atomic E-state index is 0.145. The Bertz CT molecular complexity index is 535. The predicted octanol–water partition coefficient (Wildman–Crippen LogP) is 2.84. The van der Waals surface area contributed by atoms with Crippen molar-refractivity contribution in [3.8, 4) is 12.1 Å². The lowest BCUT2D eigenvalue weighted by Gasteiger charge is -2.04. The second-order valence-electron chi connectivity index (χ2n) is 2.74. The van der Waals surface area contributed by atoms with Gasteiger partial charge in [0.25, 0.3) is 0 Å². The van der Waals surface area contributed by atoms with Crippen LogP contribution in [-0.2, 0) is 0 Å². The highest BCUT2D eigenvalue weighted by Gasteiger charge is 2.14. The van der Waals surface area contributed by atoms with Crippen LogP contribution in [0.1, 0.15) is 16.7 Å². The molecular weight excluding hydrogens is 188 g/mol. The van der Waals surface area contributed by atoms with Crippen LogP contribution in [-0.4, -0.2) is 0 Å². The van der Waals surface area contributed by atoms with Gasteiger partial charge in [0.15, 0.2) is 11.4 Å². The Kier molecular flexibility index (Phi) is 2.69. The molecule has 0 bridgehead atoms. The third kappa shape index (κ3) is 1.49. The van der Waals surface area contributed by atoms with Crippen molar-refractivity contribution in [2.45, 2.75) is 6.92 Å². The molecule has 0 radical (unpaired) electrons. The molecule has 0 unspecified atom stereocenters. The molecule has 0 aliphatic heterocycles.